The maximum absolute atomic E-state index is 13.4. The van der Waals surface area contributed by atoms with Gasteiger partial charge in [-0.3, -0.25) is 0 Å². The van der Waals surface area contributed by atoms with Gasteiger partial charge in [-0.05, 0) is 24.3 Å². The first kappa shape index (κ1) is 11.9. The van der Waals surface area contributed by atoms with Crippen LogP contribution in [0.5, 0.6) is 11.5 Å². The summed E-state index contributed by atoms with van der Waals surface area (Å²) in [5, 5.41) is 9.52. The topological polar surface area (TPSA) is 29.5 Å². The number of rotatable bonds is 3. The van der Waals surface area contributed by atoms with Crippen LogP contribution in [0.2, 0.25) is 5.02 Å². The normalized spacial score (nSPS) is 10.3. The van der Waals surface area contributed by atoms with Gasteiger partial charge in [-0.25, -0.2) is 4.39 Å². The first-order valence-electron chi connectivity index (χ1n) is 5.03. The van der Waals surface area contributed by atoms with E-state index in [9.17, 15) is 4.39 Å². The Morgan fingerprint density at radius 3 is 2.47 bits per heavy atom. The van der Waals surface area contributed by atoms with E-state index in [1.54, 1.807) is 30.3 Å². The lowest BCUT2D eigenvalue weighted by Gasteiger charge is -2.11. The minimum absolute atomic E-state index is 0.118. The van der Waals surface area contributed by atoms with E-state index < -0.39 is 12.4 Å². The fourth-order valence-electron chi connectivity index (χ4n) is 1.43. The Kier molecular flexibility index (Phi) is 3.61. The van der Waals surface area contributed by atoms with Crippen molar-refractivity contribution in [3.05, 3.63) is 58.9 Å². The molecular weight excluding hydrogens is 243 g/mol. The highest BCUT2D eigenvalue weighted by Crippen LogP contribution is 2.31. The largest absolute Gasteiger partial charge is 0.455 e. The Morgan fingerprint density at radius 2 is 1.76 bits per heavy atom. The van der Waals surface area contributed by atoms with Crippen LogP contribution in [-0.4, -0.2) is 5.11 Å². The molecule has 0 heterocycles. The third-order valence-electron chi connectivity index (χ3n) is 2.29. The minimum atomic E-state index is -0.503. The van der Waals surface area contributed by atoms with Crippen LogP contribution in [0.1, 0.15) is 5.56 Å². The van der Waals surface area contributed by atoms with Crippen LogP contribution in [0, 0.1) is 5.82 Å². The Hall–Kier alpha value is -1.58. The van der Waals surface area contributed by atoms with Gasteiger partial charge in [0.2, 0.25) is 0 Å². The molecule has 0 aliphatic rings. The summed E-state index contributed by atoms with van der Waals surface area (Å²) in [5.41, 5.74) is 0.118. The molecular formula is C13H10ClFO2. The number of halogens is 2. The van der Waals surface area contributed by atoms with Crippen LogP contribution in [0.4, 0.5) is 4.39 Å². The Labute approximate surface area is 103 Å². The van der Waals surface area contributed by atoms with Gasteiger partial charge < -0.3 is 9.84 Å². The predicted molar refractivity (Wildman–Crippen MR) is 63.8 cm³/mol. The fraction of sp³-hybridized carbons (Fsp3) is 0.0769. The second-order valence-corrected chi connectivity index (χ2v) is 3.81. The van der Waals surface area contributed by atoms with Crippen LogP contribution in [0.15, 0.2) is 42.5 Å². The summed E-state index contributed by atoms with van der Waals surface area (Å²) >= 11 is 5.93. The van der Waals surface area contributed by atoms with Crippen molar-refractivity contribution in [2.45, 2.75) is 6.61 Å². The van der Waals surface area contributed by atoms with E-state index in [0.29, 0.717) is 10.8 Å². The zero-order valence-electron chi connectivity index (χ0n) is 8.86. The van der Waals surface area contributed by atoms with E-state index in [1.165, 1.54) is 12.1 Å². The number of hydrogen-bond donors (Lipinski definition) is 1. The monoisotopic (exact) mass is 252 g/mol. The summed E-state index contributed by atoms with van der Waals surface area (Å²) in [7, 11) is 0. The standard InChI is InChI=1S/C13H10ClFO2/c14-10-4-1-2-6-13(10)17-12-7-3-5-11(15)9(12)8-16/h1-7,16H,8H2. The van der Waals surface area contributed by atoms with Gasteiger partial charge in [-0.1, -0.05) is 29.8 Å². The van der Waals surface area contributed by atoms with E-state index in [0.717, 1.165) is 0 Å². The van der Waals surface area contributed by atoms with E-state index in [1.807, 2.05) is 0 Å². The Bertz CT molecular complexity index is 529. The molecule has 2 rings (SSSR count). The molecule has 0 atom stereocenters. The SMILES string of the molecule is OCc1c(F)cccc1Oc1ccccc1Cl. The first-order chi connectivity index (χ1) is 8.22. The number of aliphatic hydroxyl groups excluding tert-OH is 1. The molecule has 0 spiro atoms. The molecule has 2 aromatic carbocycles. The second-order valence-electron chi connectivity index (χ2n) is 3.41. The van der Waals surface area contributed by atoms with Crippen LogP contribution < -0.4 is 4.74 Å². The Morgan fingerprint density at radius 1 is 1.06 bits per heavy atom. The van der Waals surface area contributed by atoms with Crippen molar-refractivity contribution in [1.82, 2.24) is 0 Å². The lowest BCUT2D eigenvalue weighted by molar-refractivity contribution is 0.270. The van der Waals surface area contributed by atoms with Gasteiger partial charge in [-0.2, -0.15) is 0 Å². The molecule has 88 valence electrons. The fourth-order valence-corrected chi connectivity index (χ4v) is 1.61. The van der Waals surface area contributed by atoms with Gasteiger partial charge in [0.15, 0.2) is 0 Å². The quantitative estimate of drug-likeness (QED) is 0.901. The third-order valence-corrected chi connectivity index (χ3v) is 2.60. The van der Waals surface area contributed by atoms with Gasteiger partial charge in [0.25, 0.3) is 0 Å². The average molecular weight is 253 g/mol. The number of benzene rings is 2. The summed E-state index contributed by atoms with van der Waals surface area (Å²) in [6.45, 7) is -0.424. The van der Waals surface area contributed by atoms with Crippen molar-refractivity contribution >= 4 is 11.6 Å². The first-order valence-corrected chi connectivity index (χ1v) is 5.41. The molecule has 2 aromatic rings. The molecule has 0 aromatic heterocycles. The summed E-state index contributed by atoms with van der Waals surface area (Å²) in [4.78, 5) is 0. The van der Waals surface area contributed by atoms with E-state index in [2.05, 4.69) is 0 Å². The van der Waals surface area contributed by atoms with Crippen molar-refractivity contribution < 1.29 is 14.2 Å². The van der Waals surface area contributed by atoms with E-state index in [-0.39, 0.29) is 11.3 Å². The van der Waals surface area contributed by atoms with Crippen molar-refractivity contribution in [2.75, 3.05) is 0 Å². The highest BCUT2D eigenvalue weighted by atomic mass is 35.5. The highest BCUT2D eigenvalue weighted by molar-refractivity contribution is 6.32. The summed E-state index contributed by atoms with van der Waals surface area (Å²) in [5.74, 6) is 0.187. The molecule has 0 bridgehead atoms. The Balaban J connectivity index is 2.37. The van der Waals surface area contributed by atoms with Gasteiger partial charge >= 0.3 is 0 Å². The third kappa shape index (κ3) is 2.57. The second kappa shape index (κ2) is 5.17. The number of para-hydroxylation sites is 1. The number of hydrogen-bond acceptors (Lipinski definition) is 2. The molecule has 0 saturated heterocycles. The summed E-state index contributed by atoms with van der Waals surface area (Å²) < 4.78 is 18.9. The molecule has 0 fully saturated rings. The molecule has 0 amide bonds. The minimum Gasteiger partial charge on any atom is -0.455 e. The summed E-state index contributed by atoms with van der Waals surface area (Å²) in [6.07, 6.45) is 0. The van der Waals surface area contributed by atoms with Gasteiger partial charge in [-0.15, -0.1) is 0 Å². The number of aliphatic hydroxyl groups is 1. The smallest absolute Gasteiger partial charge is 0.146 e. The molecule has 0 aliphatic carbocycles. The van der Waals surface area contributed by atoms with Crippen LogP contribution in [-0.2, 0) is 6.61 Å². The van der Waals surface area contributed by atoms with Gasteiger partial charge in [0.1, 0.15) is 17.3 Å². The van der Waals surface area contributed by atoms with E-state index >= 15 is 0 Å². The zero-order chi connectivity index (χ0) is 12.3. The van der Waals surface area contributed by atoms with Crippen molar-refractivity contribution in [3.63, 3.8) is 0 Å². The molecule has 17 heavy (non-hydrogen) atoms. The number of ether oxygens (including phenoxy) is 1. The van der Waals surface area contributed by atoms with Crippen molar-refractivity contribution in [1.29, 1.82) is 0 Å². The van der Waals surface area contributed by atoms with Crippen LogP contribution in [0.25, 0.3) is 0 Å². The molecule has 0 saturated carbocycles. The zero-order valence-corrected chi connectivity index (χ0v) is 9.62. The molecule has 2 nitrogen and oxygen atoms in total. The van der Waals surface area contributed by atoms with Crippen LogP contribution >= 0.6 is 11.6 Å². The molecule has 1 N–H and O–H groups in total. The lowest BCUT2D eigenvalue weighted by Crippen LogP contribution is -1.95. The highest BCUT2D eigenvalue weighted by Gasteiger charge is 2.10. The van der Waals surface area contributed by atoms with Crippen molar-refractivity contribution in [3.8, 4) is 11.5 Å². The predicted octanol–water partition coefficient (Wildman–Crippen LogP) is 3.76. The van der Waals surface area contributed by atoms with Crippen molar-refractivity contribution in [2.24, 2.45) is 0 Å². The molecule has 0 aliphatic heterocycles. The van der Waals surface area contributed by atoms with Gasteiger partial charge in [0, 0.05) is 0 Å². The molecule has 0 radical (unpaired) electrons. The maximum atomic E-state index is 13.4. The van der Waals surface area contributed by atoms with Gasteiger partial charge in [0.05, 0.1) is 17.2 Å². The van der Waals surface area contributed by atoms with Crippen LogP contribution in [0.3, 0.4) is 0 Å². The maximum Gasteiger partial charge on any atom is 0.146 e. The summed E-state index contributed by atoms with van der Waals surface area (Å²) in [6, 6.07) is 11.2. The molecule has 0 unspecified atom stereocenters. The van der Waals surface area contributed by atoms with E-state index in [4.69, 9.17) is 21.4 Å². The lowest BCUT2D eigenvalue weighted by atomic mass is 10.2. The average Bonchev–Trinajstić information content (AvgIpc) is 2.32. The molecule has 4 heteroatoms.